The van der Waals surface area contributed by atoms with Crippen LogP contribution in [0.1, 0.15) is 12.0 Å². The standard InChI is InChI=1S/C25H21F2N3O3/c1-33-25(32)30-22-14-17(8-10-20(22)27)28-23(31)12-9-18-19-13-16(26)7-11-21(19)29-24(18)15-5-3-2-4-6-15/h2-8,10-11,13-14,29H,9,12H2,1H3,(H,28,31)(H,30,32). The lowest BCUT2D eigenvalue weighted by Crippen LogP contribution is -2.15. The third-order valence-electron chi connectivity index (χ3n) is 5.20. The van der Waals surface area contributed by atoms with E-state index in [4.69, 9.17) is 0 Å². The third kappa shape index (κ3) is 5.01. The molecule has 0 bridgehead atoms. The average molecular weight is 449 g/mol. The van der Waals surface area contributed by atoms with Crippen molar-refractivity contribution in [2.24, 2.45) is 0 Å². The summed E-state index contributed by atoms with van der Waals surface area (Å²) in [6.45, 7) is 0. The largest absolute Gasteiger partial charge is 0.453 e. The van der Waals surface area contributed by atoms with E-state index in [1.807, 2.05) is 30.3 Å². The molecule has 0 saturated carbocycles. The highest BCUT2D eigenvalue weighted by molar-refractivity contribution is 5.95. The predicted molar refractivity (Wildman–Crippen MR) is 123 cm³/mol. The molecule has 6 nitrogen and oxygen atoms in total. The molecule has 2 amide bonds. The molecule has 0 spiro atoms. The zero-order valence-electron chi connectivity index (χ0n) is 17.7. The maximum atomic E-state index is 13.9. The second-order valence-electron chi connectivity index (χ2n) is 7.39. The lowest BCUT2D eigenvalue weighted by Gasteiger charge is -2.10. The second kappa shape index (κ2) is 9.52. The topological polar surface area (TPSA) is 83.2 Å². The molecule has 0 radical (unpaired) electrons. The zero-order valence-corrected chi connectivity index (χ0v) is 17.7. The van der Waals surface area contributed by atoms with Crippen molar-refractivity contribution in [3.05, 3.63) is 83.9 Å². The molecule has 1 heterocycles. The lowest BCUT2D eigenvalue weighted by atomic mass is 10.0. The van der Waals surface area contributed by atoms with Gasteiger partial charge in [0.15, 0.2) is 0 Å². The summed E-state index contributed by atoms with van der Waals surface area (Å²) in [6, 6.07) is 18.0. The summed E-state index contributed by atoms with van der Waals surface area (Å²) in [6.07, 6.45) is -0.355. The molecule has 0 aliphatic carbocycles. The number of benzene rings is 3. The Balaban J connectivity index is 1.54. The van der Waals surface area contributed by atoms with Crippen molar-refractivity contribution in [3.8, 4) is 11.3 Å². The van der Waals surface area contributed by atoms with Crippen molar-refractivity contribution in [2.45, 2.75) is 12.8 Å². The number of halogens is 2. The number of H-pyrrole nitrogens is 1. The normalized spacial score (nSPS) is 10.8. The Morgan fingerprint density at radius 2 is 1.76 bits per heavy atom. The molecule has 1 aromatic heterocycles. The molecule has 168 valence electrons. The van der Waals surface area contributed by atoms with Gasteiger partial charge in [0.1, 0.15) is 11.6 Å². The van der Waals surface area contributed by atoms with Gasteiger partial charge in [-0.2, -0.15) is 0 Å². The first-order chi connectivity index (χ1) is 15.9. The zero-order chi connectivity index (χ0) is 23.4. The van der Waals surface area contributed by atoms with Gasteiger partial charge in [-0.1, -0.05) is 30.3 Å². The van der Waals surface area contributed by atoms with Gasteiger partial charge in [0, 0.05) is 28.7 Å². The predicted octanol–water partition coefficient (Wildman–Crippen LogP) is 5.86. The number of carbonyl (C=O) groups excluding carboxylic acids is 2. The van der Waals surface area contributed by atoms with E-state index in [9.17, 15) is 18.4 Å². The van der Waals surface area contributed by atoms with E-state index >= 15 is 0 Å². The number of hydrogen-bond donors (Lipinski definition) is 3. The molecule has 8 heteroatoms. The fraction of sp³-hybridized carbons (Fsp3) is 0.120. The molecule has 4 aromatic rings. The van der Waals surface area contributed by atoms with Gasteiger partial charge in [-0.3, -0.25) is 10.1 Å². The Labute approximate surface area is 188 Å². The lowest BCUT2D eigenvalue weighted by molar-refractivity contribution is -0.116. The maximum absolute atomic E-state index is 13.9. The summed E-state index contributed by atoms with van der Waals surface area (Å²) >= 11 is 0. The smallest absolute Gasteiger partial charge is 0.411 e. The molecule has 4 rings (SSSR count). The minimum absolute atomic E-state index is 0.112. The van der Waals surface area contributed by atoms with Crippen LogP contribution in [0.3, 0.4) is 0 Å². The number of fused-ring (bicyclic) bond motifs is 1. The number of hydrogen-bond acceptors (Lipinski definition) is 3. The van der Waals surface area contributed by atoms with Crippen molar-refractivity contribution < 1.29 is 23.1 Å². The number of aromatic amines is 1. The SMILES string of the molecule is COC(=O)Nc1cc(NC(=O)CCc2c(-c3ccccc3)[nH]c3ccc(F)cc23)ccc1F. The fourth-order valence-corrected chi connectivity index (χ4v) is 3.65. The number of anilines is 2. The summed E-state index contributed by atoms with van der Waals surface area (Å²) in [4.78, 5) is 27.3. The number of methoxy groups -OCH3 is 1. The molecule has 33 heavy (non-hydrogen) atoms. The minimum atomic E-state index is -0.822. The fourth-order valence-electron chi connectivity index (χ4n) is 3.65. The summed E-state index contributed by atoms with van der Waals surface area (Å²) < 4.78 is 32.3. The second-order valence-corrected chi connectivity index (χ2v) is 7.39. The quantitative estimate of drug-likeness (QED) is 0.345. The number of nitrogens with one attached hydrogen (secondary N) is 3. The van der Waals surface area contributed by atoms with Crippen LogP contribution in [0.25, 0.3) is 22.2 Å². The number of aryl methyl sites for hydroxylation is 1. The molecule has 0 aliphatic rings. The molecule has 0 aliphatic heterocycles. The van der Waals surface area contributed by atoms with Gasteiger partial charge in [-0.25, -0.2) is 13.6 Å². The average Bonchev–Trinajstić information content (AvgIpc) is 3.18. The van der Waals surface area contributed by atoms with Crippen molar-refractivity contribution >= 4 is 34.3 Å². The van der Waals surface area contributed by atoms with Gasteiger partial charge in [0.05, 0.1) is 12.8 Å². The van der Waals surface area contributed by atoms with Crippen LogP contribution in [0.15, 0.2) is 66.7 Å². The summed E-state index contributed by atoms with van der Waals surface area (Å²) in [7, 11) is 1.17. The number of rotatable bonds is 6. The van der Waals surface area contributed by atoms with E-state index in [2.05, 4.69) is 20.4 Å². The van der Waals surface area contributed by atoms with E-state index < -0.39 is 11.9 Å². The molecular weight excluding hydrogens is 428 g/mol. The molecular formula is C25H21F2N3O3. The van der Waals surface area contributed by atoms with Gasteiger partial charge in [0.25, 0.3) is 0 Å². The number of amides is 2. The van der Waals surface area contributed by atoms with Crippen molar-refractivity contribution in [2.75, 3.05) is 17.7 Å². The van der Waals surface area contributed by atoms with Crippen LogP contribution in [-0.4, -0.2) is 24.1 Å². The van der Waals surface area contributed by atoms with Gasteiger partial charge >= 0.3 is 6.09 Å². The van der Waals surface area contributed by atoms with Crippen molar-refractivity contribution in [1.29, 1.82) is 0 Å². The molecule has 0 atom stereocenters. The number of aromatic nitrogens is 1. The Kier molecular flexibility index (Phi) is 6.35. The van der Waals surface area contributed by atoms with Crippen LogP contribution in [-0.2, 0) is 16.0 Å². The Morgan fingerprint density at radius 3 is 2.52 bits per heavy atom. The molecule has 0 unspecified atom stereocenters. The summed E-state index contributed by atoms with van der Waals surface area (Å²) in [5.41, 5.74) is 3.58. The number of carbonyl (C=O) groups is 2. The molecule has 3 N–H and O–H groups in total. The third-order valence-corrected chi connectivity index (χ3v) is 5.20. The van der Waals surface area contributed by atoms with E-state index in [0.717, 1.165) is 28.4 Å². The first-order valence-corrected chi connectivity index (χ1v) is 10.2. The van der Waals surface area contributed by atoms with Crippen LogP contribution >= 0.6 is 0 Å². The first-order valence-electron chi connectivity index (χ1n) is 10.2. The summed E-state index contributed by atoms with van der Waals surface area (Å²) in [5, 5.41) is 5.67. The van der Waals surface area contributed by atoms with E-state index in [-0.39, 0.29) is 23.8 Å². The molecule has 0 fully saturated rings. The van der Waals surface area contributed by atoms with Gasteiger partial charge in [-0.15, -0.1) is 0 Å². The highest BCUT2D eigenvalue weighted by Gasteiger charge is 2.16. The van der Waals surface area contributed by atoms with Gasteiger partial charge in [-0.05, 0) is 53.9 Å². The van der Waals surface area contributed by atoms with Crippen molar-refractivity contribution in [3.63, 3.8) is 0 Å². The van der Waals surface area contributed by atoms with Gasteiger partial charge in [0.2, 0.25) is 5.91 Å². The van der Waals surface area contributed by atoms with E-state index in [1.165, 1.54) is 31.4 Å². The van der Waals surface area contributed by atoms with Crippen LogP contribution in [0.2, 0.25) is 0 Å². The van der Waals surface area contributed by atoms with E-state index in [1.54, 1.807) is 6.07 Å². The van der Waals surface area contributed by atoms with Gasteiger partial charge < -0.3 is 15.0 Å². The molecule has 0 saturated heterocycles. The van der Waals surface area contributed by atoms with Crippen LogP contribution in [0.5, 0.6) is 0 Å². The van der Waals surface area contributed by atoms with Crippen LogP contribution in [0.4, 0.5) is 25.0 Å². The highest BCUT2D eigenvalue weighted by atomic mass is 19.1. The van der Waals surface area contributed by atoms with E-state index in [0.29, 0.717) is 17.5 Å². The van der Waals surface area contributed by atoms with Crippen molar-refractivity contribution in [1.82, 2.24) is 4.98 Å². The molecule has 3 aromatic carbocycles. The monoisotopic (exact) mass is 449 g/mol. The Bertz CT molecular complexity index is 1320. The van der Waals surface area contributed by atoms with Crippen LogP contribution < -0.4 is 10.6 Å². The minimum Gasteiger partial charge on any atom is -0.453 e. The maximum Gasteiger partial charge on any atom is 0.411 e. The highest BCUT2D eigenvalue weighted by Crippen LogP contribution is 2.32. The first kappa shape index (κ1) is 22.0. The number of ether oxygens (including phenoxy) is 1. The Hall–Kier alpha value is -4.20. The Morgan fingerprint density at radius 1 is 0.970 bits per heavy atom. The summed E-state index contributed by atoms with van der Waals surface area (Å²) in [5.74, 6) is -1.33. The van der Waals surface area contributed by atoms with Crippen LogP contribution in [0, 0.1) is 11.6 Å².